The van der Waals surface area contributed by atoms with E-state index in [2.05, 4.69) is 49.4 Å². The van der Waals surface area contributed by atoms with Gasteiger partial charge >= 0.3 is 0 Å². The number of pyridine rings is 1. The molecule has 20 heavy (non-hydrogen) atoms. The summed E-state index contributed by atoms with van der Waals surface area (Å²) in [7, 11) is 0. The Hall–Kier alpha value is -2.13. The Morgan fingerprint density at radius 1 is 1.05 bits per heavy atom. The number of rotatable bonds is 2. The fraction of sp³-hybridized carbons (Fsp3) is 0.235. The molecule has 0 radical (unpaired) electrons. The molecule has 0 atom stereocenters. The van der Waals surface area contributed by atoms with E-state index in [0.29, 0.717) is 6.54 Å². The van der Waals surface area contributed by atoms with Gasteiger partial charge in [0.1, 0.15) is 5.65 Å². The van der Waals surface area contributed by atoms with E-state index < -0.39 is 0 Å². The fourth-order valence-corrected chi connectivity index (χ4v) is 2.50. The summed E-state index contributed by atoms with van der Waals surface area (Å²) in [6.45, 7) is 6.91. The third-order valence-electron chi connectivity index (χ3n) is 3.95. The second kappa shape index (κ2) is 4.76. The number of aryl methyl sites for hydroxylation is 3. The molecule has 2 aromatic heterocycles. The van der Waals surface area contributed by atoms with Gasteiger partial charge in [-0.2, -0.15) is 0 Å². The fourth-order valence-electron chi connectivity index (χ4n) is 2.50. The summed E-state index contributed by atoms with van der Waals surface area (Å²) in [6, 6.07) is 10.6. The van der Waals surface area contributed by atoms with Crippen molar-refractivity contribution >= 4 is 5.65 Å². The lowest BCUT2D eigenvalue weighted by molar-refractivity contribution is 1.04. The van der Waals surface area contributed by atoms with E-state index in [1.807, 2.05) is 12.3 Å². The van der Waals surface area contributed by atoms with Crippen LogP contribution in [0.2, 0.25) is 0 Å². The van der Waals surface area contributed by atoms with Gasteiger partial charge in [0, 0.05) is 24.0 Å². The van der Waals surface area contributed by atoms with Crippen LogP contribution in [-0.2, 0) is 6.54 Å². The van der Waals surface area contributed by atoms with Gasteiger partial charge in [-0.05, 0) is 55.7 Å². The Morgan fingerprint density at radius 2 is 1.85 bits per heavy atom. The van der Waals surface area contributed by atoms with E-state index in [1.165, 1.54) is 16.7 Å². The number of benzene rings is 1. The van der Waals surface area contributed by atoms with Crippen LogP contribution < -0.4 is 5.73 Å². The van der Waals surface area contributed by atoms with Crippen LogP contribution in [0.5, 0.6) is 0 Å². The first-order valence-corrected chi connectivity index (χ1v) is 6.85. The molecule has 3 nitrogen and oxygen atoms in total. The number of fused-ring (bicyclic) bond motifs is 1. The van der Waals surface area contributed by atoms with Gasteiger partial charge in [0.2, 0.25) is 0 Å². The van der Waals surface area contributed by atoms with Crippen molar-refractivity contribution in [1.82, 2.24) is 9.38 Å². The van der Waals surface area contributed by atoms with Crippen LogP contribution in [0.1, 0.15) is 22.4 Å². The molecule has 0 bridgehead atoms. The first kappa shape index (κ1) is 12.9. The van der Waals surface area contributed by atoms with Crippen molar-refractivity contribution in [2.45, 2.75) is 27.3 Å². The first-order chi connectivity index (χ1) is 9.60. The molecule has 102 valence electrons. The largest absolute Gasteiger partial charge is 0.326 e. The van der Waals surface area contributed by atoms with Crippen LogP contribution in [0.25, 0.3) is 16.9 Å². The van der Waals surface area contributed by atoms with Gasteiger partial charge in [0.05, 0.1) is 5.69 Å². The summed E-state index contributed by atoms with van der Waals surface area (Å²) < 4.78 is 2.11. The molecule has 0 unspecified atom stereocenters. The Morgan fingerprint density at radius 3 is 2.55 bits per heavy atom. The number of hydrogen-bond donors (Lipinski definition) is 1. The van der Waals surface area contributed by atoms with Crippen molar-refractivity contribution < 1.29 is 0 Å². The van der Waals surface area contributed by atoms with Crippen LogP contribution in [0.4, 0.5) is 0 Å². The minimum absolute atomic E-state index is 0.543. The van der Waals surface area contributed by atoms with Crippen molar-refractivity contribution in [3.05, 3.63) is 58.9 Å². The predicted octanol–water partition coefficient (Wildman–Crippen LogP) is 3.39. The maximum atomic E-state index is 5.70. The van der Waals surface area contributed by atoms with E-state index in [1.54, 1.807) is 0 Å². The molecule has 0 aliphatic heterocycles. The minimum atomic E-state index is 0.543. The van der Waals surface area contributed by atoms with Crippen molar-refractivity contribution in [2.75, 3.05) is 0 Å². The molecule has 0 spiro atoms. The van der Waals surface area contributed by atoms with Crippen molar-refractivity contribution in [3.8, 4) is 11.3 Å². The smallest absolute Gasteiger partial charge is 0.137 e. The number of aromatic nitrogens is 2. The number of nitrogens with two attached hydrogens (primary N) is 1. The summed E-state index contributed by atoms with van der Waals surface area (Å²) in [5, 5.41) is 0. The Balaban J connectivity index is 2.20. The molecule has 0 saturated carbocycles. The van der Waals surface area contributed by atoms with Gasteiger partial charge < -0.3 is 10.1 Å². The third kappa shape index (κ3) is 2.00. The van der Waals surface area contributed by atoms with Crippen LogP contribution in [0.15, 0.2) is 36.5 Å². The molecule has 2 N–H and O–H groups in total. The van der Waals surface area contributed by atoms with E-state index in [-0.39, 0.29) is 0 Å². The standard InChI is InChI=1S/C17H19N3/c1-11-4-5-15(8-12(11)2)17-13(3)20-7-6-14(10-18)9-16(20)19-17/h4-9H,10,18H2,1-3H3. The highest BCUT2D eigenvalue weighted by Gasteiger charge is 2.11. The molecule has 3 rings (SSSR count). The highest BCUT2D eigenvalue weighted by atomic mass is 15.0. The van der Waals surface area contributed by atoms with E-state index in [4.69, 9.17) is 10.7 Å². The van der Waals surface area contributed by atoms with Gasteiger partial charge in [-0.3, -0.25) is 0 Å². The molecule has 0 saturated heterocycles. The van der Waals surface area contributed by atoms with Crippen LogP contribution in [0, 0.1) is 20.8 Å². The molecule has 0 fully saturated rings. The second-order valence-electron chi connectivity index (χ2n) is 5.31. The monoisotopic (exact) mass is 265 g/mol. The second-order valence-corrected chi connectivity index (χ2v) is 5.31. The van der Waals surface area contributed by atoms with Gasteiger partial charge in [0.25, 0.3) is 0 Å². The van der Waals surface area contributed by atoms with E-state index in [0.717, 1.165) is 22.6 Å². The van der Waals surface area contributed by atoms with Gasteiger partial charge in [-0.15, -0.1) is 0 Å². The molecular formula is C17H19N3. The first-order valence-electron chi connectivity index (χ1n) is 6.85. The quantitative estimate of drug-likeness (QED) is 0.772. The number of hydrogen-bond acceptors (Lipinski definition) is 2. The summed E-state index contributed by atoms with van der Waals surface area (Å²) in [4.78, 5) is 4.77. The van der Waals surface area contributed by atoms with Crippen LogP contribution in [-0.4, -0.2) is 9.38 Å². The topological polar surface area (TPSA) is 43.3 Å². The third-order valence-corrected chi connectivity index (χ3v) is 3.95. The summed E-state index contributed by atoms with van der Waals surface area (Å²) in [5.74, 6) is 0. The van der Waals surface area contributed by atoms with Gasteiger partial charge in [0.15, 0.2) is 0 Å². The maximum Gasteiger partial charge on any atom is 0.137 e. The average molecular weight is 265 g/mol. The zero-order valence-corrected chi connectivity index (χ0v) is 12.1. The molecule has 3 aromatic rings. The van der Waals surface area contributed by atoms with Crippen molar-refractivity contribution in [2.24, 2.45) is 5.73 Å². The average Bonchev–Trinajstić information content (AvgIpc) is 2.78. The lowest BCUT2D eigenvalue weighted by atomic mass is 10.0. The minimum Gasteiger partial charge on any atom is -0.326 e. The van der Waals surface area contributed by atoms with Crippen LogP contribution in [0.3, 0.4) is 0 Å². The van der Waals surface area contributed by atoms with E-state index in [9.17, 15) is 0 Å². The molecule has 0 aliphatic rings. The SMILES string of the molecule is Cc1ccc(-c2nc3cc(CN)ccn3c2C)cc1C. The highest BCUT2D eigenvalue weighted by Crippen LogP contribution is 2.26. The Kier molecular flexibility index (Phi) is 3.07. The Bertz CT molecular complexity index is 784. The van der Waals surface area contributed by atoms with Crippen molar-refractivity contribution in [1.29, 1.82) is 0 Å². The maximum absolute atomic E-state index is 5.70. The molecule has 1 aromatic carbocycles. The van der Waals surface area contributed by atoms with Crippen LogP contribution >= 0.6 is 0 Å². The Labute approximate surface area is 119 Å². The normalized spacial score (nSPS) is 11.2. The molecule has 0 amide bonds. The molecule has 0 aliphatic carbocycles. The highest BCUT2D eigenvalue weighted by molar-refractivity contribution is 5.67. The number of imidazole rings is 1. The van der Waals surface area contributed by atoms with E-state index >= 15 is 0 Å². The lowest BCUT2D eigenvalue weighted by Crippen LogP contribution is -1.97. The summed E-state index contributed by atoms with van der Waals surface area (Å²) in [5.41, 5.74) is 13.7. The van der Waals surface area contributed by atoms with Gasteiger partial charge in [-0.25, -0.2) is 4.98 Å². The number of nitrogens with zero attached hydrogens (tertiary/aromatic N) is 2. The summed E-state index contributed by atoms with van der Waals surface area (Å²) in [6.07, 6.45) is 2.05. The van der Waals surface area contributed by atoms with Crippen molar-refractivity contribution in [3.63, 3.8) is 0 Å². The molecule has 2 heterocycles. The van der Waals surface area contributed by atoms with Gasteiger partial charge in [-0.1, -0.05) is 12.1 Å². The molecule has 3 heteroatoms. The zero-order valence-electron chi connectivity index (χ0n) is 12.1. The molecular weight excluding hydrogens is 246 g/mol. The predicted molar refractivity (Wildman–Crippen MR) is 82.7 cm³/mol. The summed E-state index contributed by atoms with van der Waals surface area (Å²) >= 11 is 0. The zero-order chi connectivity index (χ0) is 14.3. The lowest BCUT2D eigenvalue weighted by Gasteiger charge is -2.04.